The van der Waals surface area contributed by atoms with Gasteiger partial charge in [0, 0.05) is 0 Å². The Morgan fingerprint density at radius 1 is 1.04 bits per heavy atom. The second-order valence-corrected chi connectivity index (χ2v) is 7.46. The van der Waals surface area contributed by atoms with Crippen molar-refractivity contribution in [2.24, 2.45) is 5.92 Å². The van der Waals surface area contributed by atoms with Gasteiger partial charge in [-0.05, 0) is 26.2 Å². The van der Waals surface area contributed by atoms with Crippen molar-refractivity contribution < 1.29 is 25.2 Å². The van der Waals surface area contributed by atoms with Crippen LogP contribution in [0.2, 0.25) is 0 Å². The fourth-order valence-corrected chi connectivity index (χ4v) is 2.67. The smallest absolute Gasteiger partial charge is 0.306 e. The summed E-state index contributed by atoms with van der Waals surface area (Å²) in [7, 11) is 0. The Bertz CT molecular complexity index is 378. The molecule has 25 heavy (non-hydrogen) atoms. The van der Waals surface area contributed by atoms with Crippen LogP contribution >= 0.6 is 0 Å². The highest BCUT2D eigenvalue weighted by atomic mass is 16.4. The van der Waals surface area contributed by atoms with Crippen molar-refractivity contribution in [3.05, 3.63) is 12.2 Å². The lowest BCUT2D eigenvalue weighted by atomic mass is 9.95. The lowest BCUT2D eigenvalue weighted by Crippen LogP contribution is -2.27. The fraction of sp³-hybridized carbons (Fsp3) is 0.850. The van der Waals surface area contributed by atoms with Gasteiger partial charge in [-0.3, -0.25) is 4.79 Å². The van der Waals surface area contributed by atoms with Gasteiger partial charge < -0.3 is 20.4 Å². The zero-order valence-electron chi connectivity index (χ0n) is 16.2. The van der Waals surface area contributed by atoms with Crippen molar-refractivity contribution in [3.63, 3.8) is 0 Å². The van der Waals surface area contributed by atoms with Gasteiger partial charge in [-0.25, -0.2) is 0 Å². The molecule has 0 saturated carbocycles. The van der Waals surface area contributed by atoms with Gasteiger partial charge in [0.15, 0.2) is 0 Å². The summed E-state index contributed by atoms with van der Waals surface area (Å²) in [6.07, 6.45) is 10.2. The summed E-state index contributed by atoms with van der Waals surface area (Å²) < 4.78 is 0. The molecule has 0 aromatic carbocycles. The third kappa shape index (κ3) is 13.0. The number of carbonyl (C=O) groups is 1. The Balaban J connectivity index is 4.05. The van der Waals surface area contributed by atoms with Crippen LogP contribution in [0.3, 0.4) is 0 Å². The molecule has 4 unspecified atom stereocenters. The number of hydrogen-bond donors (Lipinski definition) is 4. The summed E-state index contributed by atoms with van der Waals surface area (Å²) in [5.41, 5.74) is -1.00. The van der Waals surface area contributed by atoms with Crippen LogP contribution in [0.15, 0.2) is 12.2 Å². The number of hydrogen-bond acceptors (Lipinski definition) is 4. The van der Waals surface area contributed by atoms with Crippen LogP contribution in [-0.2, 0) is 4.79 Å². The van der Waals surface area contributed by atoms with Gasteiger partial charge in [-0.2, -0.15) is 0 Å². The minimum Gasteiger partial charge on any atom is -0.481 e. The van der Waals surface area contributed by atoms with E-state index in [4.69, 9.17) is 5.11 Å². The summed E-state index contributed by atoms with van der Waals surface area (Å²) in [5, 5.41) is 39.0. The highest BCUT2D eigenvalue weighted by molar-refractivity contribution is 5.69. The van der Waals surface area contributed by atoms with E-state index in [-0.39, 0.29) is 6.42 Å². The van der Waals surface area contributed by atoms with Crippen molar-refractivity contribution in [3.8, 4) is 0 Å². The highest BCUT2D eigenvalue weighted by Crippen LogP contribution is 2.19. The van der Waals surface area contributed by atoms with E-state index in [2.05, 4.69) is 6.92 Å². The number of aliphatic hydroxyl groups excluding tert-OH is 2. The standard InChI is InChI=1S/C20H38O5/c1-4-5-6-7-8-9-10-14-20(3,25)15-13-18(22)17(21)12-11-16(2)19(23)24/h13,15-18,21-22,25H,4-12,14H2,1-3H3,(H,23,24)/b15-13+. The molecule has 0 aliphatic rings. The predicted octanol–water partition coefficient (Wildman–Crippen LogP) is 3.66. The van der Waals surface area contributed by atoms with Crippen LogP contribution in [0.1, 0.15) is 85.0 Å². The molecule has 0 fully saturated rings. The van der Waals surface area contributed by atoms with Gasteiger partial charge in [0.2, 0.25) is 0 Å². The highest BCUT2D eigenvalue weighted by Gasteiger charge is 2.20. The summed E-state index contributed by atoms with van der Waals surface area (Å²) in [5.74, 6) is -1.46. The van der Waals surface area contributed by atoms with Gasteiger partial charge in [0.25, 0.3) is 0 Å². The maximum atomic E-state index is 10.7. The molecule has 0 heterocycles. The molecule has 0 amide bonds. The number of carboxylic acid groups (broad SMARTS) is 1. The third-order valence-electron chi connectivity index (χ3n) is 4.65. The molecule has 0 radical (unpaired) electrons. The molecule has 0 aromatic heterocycles. The van der Waals surface area contributed by atoms with Gasteiger partial charge in [0.05, 0.1) is 23.7 Å². The van der Waals surface area contributed by atoms with Gasteiger partial charge in [0.1, 0.15) is 0 Å². The van der Waals surface area contributed by atoms with E-state index >= 15 is 0 Å². The van der Waals surface area contributed by atoms with Crippen LogP contribution in [0.25, 0.3) is 0 Å². The van der Waals surface area contributed by atoms with Crippen LogP contribution in [-0.4, -0.2) is 44.2 Å². The molecular weight excluding hydrogens is 320 g/mol. The molecule has 0 aliphatic carbocycles. The number of rotatable bonds is 15. The molecule has 5 heteroatoms. The third-order valence-corrected chi connectivity index (χ3v) is 4.65. The Hall–Kier alpha value is -0.910. The zero-order valence-corrected chi connectivity index (χ0v) is 16.2. The summed E-state index contributed by atoms with van der Waals surface area (Å²) in [4.78, 5) is 10.7. The number of carboxylic acids is 1. The number of aliphatic carboxylic acids is 1. The molecule has 0 aliphatic heterocycles. The first-order chi connectivity index (χ1) is 11.7. The van der Waals surface area contributed by atoms with E-state index in [1.165, 1.54) is 38.2 Å². The molecule has 0 saturated heterocycles. The second-order valence-electron chi connectivity index (χ2n) is 7.46. The lowest BCUT2D eigenvalue weighted by molar-refractivity contribution is -0.141. The van der Waals surface area contributed by atoms with E-state index in [0.717, 1.165) is 12.8 Å². The predicted molar refractivity (Wildman–Crippen MR) is 100 cm³/mol. The first-order valence-electron chi connectivity index (χ1n) is 9.70. The van der Waals surface area contributed by atoms with Crippen molar-refractivity contribution in [1.82, 2.24) is 0 Å². The molecule has 0 rings (SSSR count). The molecule has 4 N–H and O–H groups in total. The largest absolute Gasteiger partial charge is 0.481 e. The summed E-state index contributed by atoms with van der Waals surface area (Å²) in [6, 6.07) is 0. The van der Waals surface area contributed by atoms with Crippen molar-refractivity contribution in [2.75, 3.05) is 0 Å². The summed E-state index contributed by atoms with van der Waals surface area (Å²) in [6.45, 7) is 5.47. The van der Waals surface area contributed by atoms with E-state index in [9.17, 15) is 20.1 Å². The van der Waals surface area contributed by atoms with E-state index in [0.29, 0.717) is 12.8 Å². The van der Waals surface area contributed by atoms with Crippen molar-refractivity contribution in [2.45, 2.75) is 103 Å². The maximum Gasteiger partial charge on any atom is 0.306 e. The Labute approximate surface area is 152 Å². The van der Waals surface area contributed by atoms with Gasteiger partial charge in [-0.15, -0.1) is 0 Å². The number of unbranched alkanes of at least 4 members (excludes halogenated alkanes) is 6. The van der Waals surface area contributed by atoms with E-state index in [1.54, 1.807) is 19.9 Å². The van der Waals surface area contributed by atoms with E-state index < -0.39 is 29.7 Å². The molecule has 5 nitrogen and oxygen atoms in total. The topological polar surface area (TPSA) is 98.0 Å². The molecule has 0 spiro atoms. The fourth-order valence-electron chi connectivity index (χ4n) is 2.67. The molecule has 4 atom stereocenters. The first-order valence-corrected chi connectivity index (χ1v) is 9.70. The SMILES string of the molecule is CCCCCCCCCC(C)(O)/C=C/C(O)C(O)CCC(C)C(=O)O. The van der Waals surface area contributed by atoms with Crippen LogP contribution in [0.5, 0.6) is 0 Å². The van der Waals surface area contributed by atoms with Gasteiger partial charge >= 0.3 is 5.97 Å². The Kier molecular flexibility index (Phi) is 12.8. The Morgan fingerprint density at radius 2 is 1.60 bits per heavy atom. The maximum absolute atomic E-state index is 10.7. The monoisotopic (exact) mass is 358 g/mol. The van der Waals surface area contributed by atoms with Crippen LogP contribution < -0.4 is 0 Å². The molecule has 148 valence electrons. The minimum atomic E-state index is -1.10. The van der Waals surface area contributed by atoms with Gasteiger partial charge in [-0.1, -0.05) is 70.9 Å². The van der Waals surface area contributed by atoms with Crippen molar-refractivity contribution in [1.29, 1.82) is 0 Å². The summed E-state index contributed by atoms with van der Waals surface area (Å²) >= 11 is 0. The van der Waals surface area contributed by atoms with Crippen LogP contribution in [0, 0.1) is 5.92 Å². The average molecular weight is 359 g/mol. The van der Waals surface area contributed by atoms with E-state index in [1.807, 2.05) is 0 Å². The lowest BCUT2D eigenvalue weighted by Gasteiger charge is -2.21. The molecule has 0 aromatic rings. The zero-order chi connectivity index (χ0) is 19.3. The second kappa shape index (κ2) is 13.3. The molecular formula is C20H38O5. The average Bonchev–Trinajstić information content (AvgIpc) is 2.56. The minimum absolute atomic E-state index is 0.207. The quantitative estimate of drug-likeness (QED) is 0.264. The molecule has 0 bridgehead atoms. The normalized spacial score (nSPS) is 18.0. The Morgan fingerprint density at radius 3 is 2.16 bits per heavy atom. The van der Waals surface area contributed by atoms with Crippen LogP contribution in [0.4, 0.5) is 0 Å². The number of aliphatic hydroxyl groups is 3. The first kappa shape index (κ1) is 24.1. The van der Waals surface area contributed by atoms with Crippen molar-refractivity contribution >= 4 is 5.97 Å².